The fraction of sp³-hybridized carbons (Fsp3) is 0.160. The van der Waals surface area contributed by atoms with Crippen molar-refractivity contribution >= 4 is 43.1 Å². The molecule has 0 radical (unpaired) electrons. The molecule has 0 aliphatic heterocycles. The Morgan fingerprint density at radius 2 is 1.55 bits per heavy atom. The summed E-state index contributed by atoms with van der Waals surface area (Å²) < 4.78 is 26.5. The molecule has 6 nitrogen and oxygen atoms in total. The Morgan fingerprint density at radius 3 is 2.18 bits per heavy atom. The number of rotatable bonds is 6. The number of carbonyl (C=O) groups is 2. The predicted molar refractivity (Wildman–Crippen MR) is 129 cm³/mol. The second kappa shape index (κ2) is 9.25. The van der Waals surface area contributed by atoms with E-state index in [0.29, 0.717) is 28.0 Å². The van der Waals surface area contributed by atoms with Crippen LogP contribution in [0.1, 0.15) is 39.6 Å². The van der Waals surface area contributed by atoms with Gasteiger partial charge in [0.25, 0.3) is 5.91 Å². The number of ketones is 1. The molecule has 33 heavy (non-hydrogen) atoms. The lowest BCUT2D eigenvalue weighted by Gasteiger charge is -2.04. The third kappa shape index (κ3) is 4.86. The number of aryl methyl sites for hydroxylation is 1. The molecule has 1 heterocycles. The molecular formula is C25H22N2O4S2. The Kier molecular flexibility index (Phi) is 6.40. The topological polar surface area (TPSA) is 85.6 Å². The zero-order valence-corrected chi connectivity index (χ0v) is 19.8. The van der Waals surface area contributed by atoms with Gasteiger partial charge in [0.1, 0.15) is 0 Å². The fourth-order valence-electron chi connectivity index (χ4n) is 3.48. The molecule has 0 bridgehead atoms. The molecule has 0 unspecified atom stereocenters. The van der Waals surface area contributed by atoms with Gasteiger partial charge >= 0.3 is 0 Å². The summed E-state index contributed by atoms with van der Waals surface area (Å²) in [6.07, 6.45) is 2.00. The van der Waals surface area contributed by atoms with Crippen LogP contribution in [0, 0.1) is 0 Å². The van der Waals surface area contributed by atoms with Crippen LogP contribution >= 0.6 is 11.3 Å². The standard InChI is InChI=1S/C25H22N2O4S2/c1-3-15-27-21-14-13-20(33(2,30)31)16-22(21)32-25(27)26-24(29)19-11-9-18(10-12-19)23(28)17-7-5-4-6-8-17/h4-14,16H,3,15H2,1-2H3. The van der Waals surface area contributed by atoms with Gasteiger partial charge in [-0.25, -0.2) is 8.42 Å². The highest BCUT2D eigenvalue weighted by atomic mass is 32.2. The van der Waals surface area contributed by atoms with E-state index < -0.39 is 15.7 Å². The first-order valence-corrected chi connectivity index (χ1v) is 13.1. The summed E-state index contributed by atoms with van der Waals surface area (Å²) >= 11 is 1.28. The van der Waals surface area contributed by atoms with Gasteiger partial charge in [0.05, 0.1) is 15.1 Å². The molecule has 0 aliphatic carbocycles. The van der Waals surface area contributed by atoms with Crippen LogP contribution in [0.3, 0.4) is 0 Å². The Bertz CT molecular complexity index is 1510. The van der Waals surface area contributed by atoms with Gasteiger partial charge in [0.2, 0.25) is 0 Å². The van der Waals surface area contributed by atoms with Crippen LogP contribution in [-0.2, 0) is 16.4 Å². The number of amides is 1. The lowest BCUT2D eigenvalue weighted by Crippen LogP contribution is -2.17. The molecule has 4 aromatic rings. The molecule has 3 aromatic carbocycles. The molecular weight excluding hydrogens is 456 g/mol. The van der Waals surface area contributed by atoms with Crippen molar-refractivity contribution in [2.24, 2.45) is 4.99 Å². The minimum absolute atomic E-state index is 0.112. The number of aromatic nitrogens is 1. The normalized spacial score (nSPS) is 12.2. The predicted octanol–water partition coefficient (Wildman–Crippen LogP) is 4.49. The molecule has 8 heteroatoms. The van der Waals surface area contributed by atoms with Crippen LogP contribution in [-0.4, -0.2) is 30.9 Å². The van der Waals surface area contributed by atoms with Gasteiger partial charge in [-0.2, -0.15) is 4.99 Å². The van der Waals surface area contributed by atoms with Gasteiger partial charge in [-0.3, -0.25) is 9.59 Å². The Morgan fingerprint density at radius 1 is 0.909 bits per heavy atom. The highest BCUT2D eigenvalue weighted by molar-refractivity contribution is 7.90. The first-order chi connectivity index (χ1) is 15.8. The third-order valence-electron chi connectivity index (χ3n) is 5.16. The number of fused-ring (bicyclic) bond motifs is 1. The van der Waals surface area contributed by atoms with Crippen molar-refractivity contribution in [3.05, 3.63) is 94.3 Å². The van der Waals surface area contributed by atoms with Gasteiger partial charge in [0, 0.05) is 29.5 Å². The van der Waals surface area contributed by atoms with E-state index in [0.717, 1.165) is 16.6 Å². The second-order valence-corrected chi connectivity index (χ2v) is 10.7. The minimum atomic E-state index is -3.34. The highest BCUT2D eigenvalue weighted by Gasteiger charge is 2.14. The van der Waals surface area contributed by atoms with E-state index in [1.165, 1.54) is 17.6 Å². The number of hydrogen-bond donors (Lipinski definition) is 0. The van der Waals surface area contributed by atoms with Crippen molar-refractivity contribution in [2.45, 2.75) is 24.8 Å². The summed E-state index contributed by atoms with van der Waals surface area (Å²) in [5, 5.41) is 0. The molecule has 1 amide bonds. The largest absolute Gasteiger partial charge is 0.316 e. The summed E-state index contributed by atoms with van der Waals surface area (Å²) in [4.78, 5) is 30.5. The molecule has 0 saturated heterocycles. The molecule has 0 aliphatic rings. The van der Waals surface area contributed by atoms with E-state index in [1.807, 2.05) is 17.6 Å². The van der Waals surface area contributed by atoms with Crippen LogP contribution in [0.5, 0.6) is 0 Å². The third-order valence-corrected chi connectivity index (χ3v) is 7.31. The first-order valence-electron chi connectivity index (χ1n) is 10.4. The van der Waals surface area contributed by atoms with E-state index >= 15 is 0 Å². The number of thiazole rings is 1. The highest BCUT2D eigenvalue weighted by Crippen LogP contribution is 2.22. The van der Waals surface area contributed by atoms with Gasteiger partial charge in [-0.05, 0) is 36.8 Å². The van der Waals surface area contributed by atoms with Gasteiger partial charge < -0.3 is 4.57 Å². The quantitative estimate of drug-likeness (QED) is 0.382. The summed E-state index contributed by atoms with van der Waals surface area (Å²) in [7, 11) is -3.34. The molecule has 0 atom stereocenters. The molecule has 0 fully saturated rings. The van der Waals surface area contributed by atoms with Crippen LogP contribution in [0.4, 0.5) is 0 Å². The number of nitrogens with zero attached hydrogens (tertiary/aromatic N) is 2. The average Bonchev–Trinajstić information content (AvgIpc) is 3.15. The summed E-state index contributed by atoms with van der Waals surface area (Å²) in [5.74, 6) is -0.535. The molecule has 0 N–H and O–H groups in total. The van der Waals surface area contributed by atoms with Gasteiger partial charge in [-0.15, -0.1) is 0 Å². The monoisotopic (exact) mass is 478 g/mol. The zero-order valence-electron chi connectivity index (χ0n) is 18.2. The number of benzene rings is 3. The van der Waals surface area contributed by atoms with Crippen molar-refractivity contribution in [3.8, 4) is 0 Å². The van der Waals surface area contributed by atoms with E-state index in [2.05, 4.69) is 4.99 Å². The maximum Gasteiger partial charge on any atom is 0.279 e. The lowest BCUT2D eigenvalue weighted by atomic mass is 10.0. The van der Waals surface area contributed by atoms with Crippen molar-refractivity contribution in [2.75, 3.05) is 6.26 Å². The van der Waals surface area contributed by atoms with E-state index in [9.17, 15) is 18.0 Å². The molecule has 168 valence electrons. The number of hydrogen-bond acceptors (Lipinski definition) is 5. The molecule has 1 aromatic heterocycles. The zero-order chi connectivity index (χ0) is 23.6. The Hall–Kier alpha value is -3.36. The minimum Gasteiger partial charge on any atom is -0.316 e. The van der Waals surface area contributed by atoms with Crippen LogP contribution in [0.25, 0.3) is 10.2 Å². The van der Waals surface area contributed by atoms with E-state index in [4.69, 9.17) is 0 Å². The second-order valence-electron chi connectivity index (χ2n) is 7.63. The number of carbonyl (C=O) groups excluding carboxylic acids is 2. The maximum absolute atomic E-state index is 12.9. The van der Waals surface area contributed by atoms with Crippen molar-refractivity contribution < 1.29 is 18.0 Å². The molecule has 0 saturated carbocycles. The molecule has 0 spiro atoms. The van der Waals surface area contributed by atoms with Crippen molar-refractivity contribution in [3.63, 3.8) is 0 Å². The van der Waals surface area contributed by atoms with E-state index in [-0.39, 0.29) is 10.7 Å². The van der Waals surface area contributed by atoms with Crippen molar-refractivity contribution in [1.29, 1.82) is 0 Å². The summed E-state index contributed by atoms with van der Waals surface area (Å²) in [6, 6.07) is 20.4. The molecule has 4 rings (SSSR count). The maximum atomic E-state index is 12.9. The first kappa shape index (κ1) is 22.8. The average molecular weight is 479 g/mol. The van der Waals surface area contributed by atoms with Gasteiger partial charge in [-0.1, -0.05) is 60.7 Å². The Balaban J connectivity index is 1.69. The summed E-state index contributed by atoms with van der Waals surface area (Å²) in [5.41, 5.74) is 2.29. The summed E-state index contributed by atoms with van der Waals surface area (Å²) in [6.45, 7) is 2.67. The lowest BCUT2D eigenvalue weighted by molar-refractivity contribution is 0.0994. The SMILES string of the molecule is CCCn1c(=NC(=O)c2ccc(C(=O)c3ccccc3)cc2)sc2cc(S(C)(=O)=O)ccc21. The van der Waals surface area contributed by atoms with Gasteiger partial charge in [0.15, 0.2) is 20.4 Å². The smallest absolute Gasteiger partial charge is 0.279 e. The van der Waals surface area contributed by atoms with Crippen molar-refractivity contribution in [1.82, 2.24) is 4.57 Å². The van der Waals surface area contributed by atoms with Crippen LogP contribution in [0.15, 0.2) is 82.7 Å². The Labute approximate surface area is 195 Å². The van der Waals surface area contributed by atoms with Crippen LogP contribution < -0.4 is 4.80 Å². The van der Waals surface area contributed by atoms with E-state index in [1.54, 1.807) is 66.7 Å². The van der Waals surface area contributed by atoms with Crippen LogP contribution in [0.2, 0.25) is 0 Å². The number of sulfone groups is 1. The fourth-order valence-corrected chi connectivity index (χ4v) is 5.30.